The first-order valence-corrected chi connectivity index (χ1v) is 8.52. The molecule has 1 aliphatic heterocycles. The van der Waals surface area contributed by atoms with E-state index in [4.69, 9.17) is 0 Å². The van der Waals surface area contributed by atoms with Crippen molar-refractivity contribution < 1.29 is 14.7 Å². The summed E-state index contributed by atoms with van der Waals surface area (Å²) in [6, 6.07) is 16.1. The Labute approximate surface area is 147 Å². The molecule has 2 N–H and O–H groups in total. The topological polar surface area (TPSA) is 69.6 Å². The Morgan fingerprint density at radius 3 is 2.56 bits per heavy atom. The molecule has 1 fully saturated rings. The summed E-state index contributed by atoms with van der Waals surface area (Å²) in [6.45, 7) is 1.10. The second-order valence-electron chi connectivity index (χ2n) is 6.24. The Hall–Kier alpha value is -2.50. The third-order valence-corrected chi connectivity index (χ3v) is 4.54. The maximum atomic E-state index is 12.7. The van der Waals surface area contributed by atoms with Crippen LogP contribution in [0.3, 0.4) is 0 Å². The molecule has 1 amide bonds. The van der Waals surface area contributed by atoms with Gasteiger partial charge in [0.1, 0.15) is 0 Å². The largest absolute Gasteiger partial charge is 0.395 e. The van der Waals surface area contributed by atoms with Crippen LogP contribution >= 0.6 is 0 Å². The molecule has 130 valence electrons. The molecular weight excluding hydrogens is 316 g/mol. The van der Waals surface area contributed by atoms with Crippen LogP contribution in [0.15, 0.2) is 54.6 Å². The number of anilines is 1. The molecule has 2 aromatic carbocycles. The lowest BCUT2D eigenvalue weighted by Crippen LogP contribution is -2.38. The first-order chi connectivity index (χ1) is 12.2. The molecule has 0 unspecified atom stereocenters. The van der Waals surface area contributed by atoms with E-state index in [1.54, 1.807) is 36.4 Å². The van der Waals surface area contributed by atoms with Gasteiger partial charge in [-0.3, -0.25) is 14.5 Å². The Kier molecular flexibility index (Phi) is 5.58. The number of benzene rings is 2. The van der Waals surface area contributed by atoms with Crippen LogP contribution in [0.4, 0.5) is 5.69 Å². The highest BCUT2D eigenvalue weighted by Gasteiger charge is 2.25. The van der Waals surface area contributed by atoms with Crippen molar-refractivity contribution in [2.24, 2.45) is 0 Å². The Bertz CT molecular complexity index is 746. The van der Waals surface area contributed by atoms with Gasteiger partial charge in [0.2, 0.25) is 5.91 Å². The predicted octanol–water partition coefficient (Wildman–Crippen LogP) is 2.31. The van der Waals surface area contributed by atoms with Crippen molar-refractivity contribution in [3.63, 3.8) is 0 Å². The maximum Gasteiger partial charge on any atom is 0.238 e. The van der Waals surface area contributed by atoms with Gasteiger partial charge in [-0.25, -0.2) is 0 Å². The second kappa shape index (κ2) is 8.05. The van der Waals surface area contributed by atoms with Crippen LogP contribution < -0.4 is 5.32 Å². The van der Waals surface area contributed by atoms with E-state index in [2.05, 4.69) is 5.32 Å². The summed E-state index contributed by atoms with van der Waals surface area (Å²) in [5.74, 6) is -0.292. The number of amides is 1. The zero-order valence-corrected chi connectivity index (χ0v) is 14.0. The normalized spacial score (nSPS) is 17.4. The number of likely N-dealkylation sites (tertiary alicyclic amines) is 1. The van der Waals surface area contributed by atoms with Gasteiger partial charge in [0.15, 0.2) is 5.78 Å². The Morgan fingerprint density at radius 2 is 1.80 bits per heavy atom. The molecule has 25 heavy (non-hydrogen) atoms. The van der Waals surface area contributed by atoms with Gasteiger partial charge in [-0.05, 0) is 31.5 Å². The molecule has 1 saturated heterocycles. The van der Waals surface area contributed by atoms with Gasteiger partial charge in [-0.2, -0.15) is 0 Å². The Morgan fingerprint density at radius 1 is 1.08 bits per heavy atom. The van der Waals surface area contributed by atoms with Gasteiger partial charge < -0.3 is 10.4 Å². The van der Waals surface area contributed by atoms with Gasteiger partial charge >= 0.3 is 0 Å². The fourth-order valence-corrected chi connectivity index (χ4v) is 3.22. The number of aliphatic hydroxyl groups excluding tert-OH is 1. The molecule has 5 nitrogen and oxygen atoms in total. The van der Waals surface area contributed by atoms with E-state index in [1.165, 1.54) is 0 Å². The van der Waals surface area contributed by atoms with Crippen molar-refractivity contribution in [3.05, 3.63) is 65.7 Å². The number of ketones is 1. The third-order valence-electron chi connectivity index (χ3n) is 4.54. The van der Waals surface area contributed by atoms with Crippen molar-refractivity contribution in [3.8, 4) is 0 Å². The fraction of sp³-hybridized carbons (Fsp3) is 0.300. The van der Waals surface area contributed by atoms with Crippen molar-refractivity contribution in [1.82, 2.24) is 4.90 Å². The molecule has 1 heterocycles. The van der Waals surface area contributed by atoms with E-state index >= 15 is 0 Å². The number of aliphatic hydroxyl groups is 1. The van der Waals surface area contributed by atoms with Crippen LogP contribution in [0.2, 0.25) is 0 Å². The summed E-state index contributed by atoms with van der Waals surface area (Å²) in [6.07, 6.45) is 1.90. The van der Waals surface area contributed by atoms with Gasteiger partial charge in [-0.15, -0.1) is 0 Å². The first kappa shape index (κ1) is 17.3. The lowest BCUT2D eigenvalue weighted by Gasteiger charge is -2.22. The highest BCUT2D eigenvalue weighted by atomic mass is 16.3. The molecule has 1 atom stereocenters. The molecule has 0 bridgehead atoms. The van der Waals surface area contributed by atoms with Crippen molar-refractivity contribution in [2.45, 2.75) is 18.9 Å². The number of hydrogen-bond acceptors (Lipinski definition) is 4. The van der Waals surface area contributed by atoms with E-state index in [-0.39, 0.29) is 30.9 Å². The molecule has 3 rings (SSSR count). The van der Waals surface area contributed by atoms with E-state index in [9.17, 15) is 14.7 Å². The third kappa shape index (κ3) is 4.13. The number of nitrogens with one attached hydrogen (secondary N) is 1. The molecule has 5 heteroatoms. The minimum atomic E-state index is -0.173. The van der Waals surface area contributed by atoms with Crippen LogP contribution in [0.5, 0.6) is 0 Å². The minimum Gasteiger partial charge on any atom is -0.395 e. The lowest BCUT2D eigenvalue weighted by molar-refractivity contribution is -0.117. The molecule has 0 radical (unpaired) electrons. The summed E-state index contributed by atoms with van der Waals surface area (Å²) in [5, 5.41) is 12.2. The van der Waals surface area contributed by atoms with Gasteiger partial charge in [0, 0.05) is 17.2 Å². The number of carbonyl (C=O) groups excluding carboxylic acids is 2. The van der Waals surface area contributed by atoms with E-state index in [0.29, 0.717) is 16.8 Å². The summed E-state index contributed by atoms with van der Waals surface area (Å²) < 4.78 is 0. The Balaban J connectivity index is 1.73. The van der Waals surface area contributed by atoms with Crippen LogP contribution in [0, 0.1) is 0 Å². The molecule has 0 spiro atoms. The zero-order chi connectivity index (χ0) is 17.6. The van der Waals surface area contributed by atoms with Crippen molar-refractivity contribution in [2.75, 3.05) is 25.0 Å². The molecule has 2 aromatic rings. The number of carbonyl (C=O) groups is 2. The lowest BCUT2D eigenvalue weighted by atomic mass is 10.0. The summed E-state index contributed by atoms with van der Waals surface area (Å²) in [7, 11) is 0. The van der Waals surface area contributed by atoms with Crippen molar-refractivity contribution in [1.29, 1.82) is 0 Å². The maximum absolute atomic E-state index is 12.7. The highest BCUT2D eigenvalue weighted by molar-refractivity contribution is 6.13. The first-order valence-electron chi connectivity index (χ1n) is 8.52. The SMILES string of the molecule is O=C(CN1CCC[C@@H]1CO)Nc1ccccc1C(=O)c1ccccc1. The monoisotopic (exact) mass is 338 g/mol. The van der Waals surface area contributed by atoms with Gasteiger partial charge in [0.05, 0.1) is 18.8 Å². The summed E-state index contributed by atoms with van der Waals surface area (Å²) in [4.78, 5) is 27.1. The molecule has 1 aliphatic rings. The van der Waals surface area contributed by atoms with Crippen LogP contribution in [-0.4, -0.2) is 47.4 Å². The average Bonchev–Trinajstić information content (AvgIpc) is 3.09. The smallest absolute Gasteiger partial charge is 0.238 e. The number of nitrogens with zero attached hydrogens (tertiary/aromatic N) is 1. The fourth-order valence-electron chi connectivity index (χ4n) is 3.22. The molecular formula is C20H22N2O3. The molecule has 0 saturated carbocycles. The number of hydrogen-bond donors (Lipinski definition) is 2. The molecule has 0 aromatic heterocycles. The van der Waals surface area contributed by atoms with Crippen molar-refractivity contribution >= 4 is 17.4 Å². The summed E-state index contributed by atoms with van der Waals surface area (Å²) >= 11 is 0. The average molecular weight is 338 g/mol. The standard InChI is InChI=1S/C20H22N2O3/c23-14-16-9-6-12-22(16)13-19(24)21-18-11-5-4-10-17(18)20(25)15-7-2-1-3-8-15/h1-5,7-8,10-11,16,23H,6,9,12-14H2,(H,21,24)/t16-/m1/s1. The highest BCUT2D eigenvalue weighted by Crippen LogP contribution is 2.20. The van der Waals surface area contributed by atoms with E-state index in [0.717, 1.165) is 19.4 Å². The van der Waals surface area contributed by atoms with E-state index < -0.39 is 0 Å². The van der Waals surface area contributed by atoms with Gasteiger partial charge in [-0.1, -0.05) is 42.5 Å². The zero-order valence-electron chi connectivity index (χ0n) is 14.0. The van der Waals surface area contributed by atoms with Gasteiger partial charge in [0.25, 0.3) is 0 Å². The minimum absolute atomic E-state index is 0.0481. The number of rotatable bonds is 6. The van der Waals surface area contributed by atoms with Crippen LogP contribution in [-0.2, 0) is 4.79 Å². The number of para-hydroxylation sites is 1. The summed E-state index contributed by atoms with van der Waals surface area (Å²) in [5.41, 5.74) is 1.58. The predicted molar refractivity (Wildman–Crippen MR) is 96.6 cm³/mol. The van der Waals surface area contributed by atoms with E-state index in [1.807, 2.05) is 23.1 Å². The van der Waals surface area contributed by atoms with Crippen LogP contribution in [0.25, 0.3) is 0 Å². The van der Waals surface area contributed by atoms with Crippen LogP contribution in [0.1, 0.15) is 28.8 Å². The molecule has 0 aliphatic carbocycles. The second-order valence-corrected chi connectivity index (χ2v) is 6.24. The quantitative estimate of drug-likeness (QED) is 0.793.